The number of unbranched alkanes of at least 4 members (excludes halogenated alkanes) is 1. The van der Waals surface area contributed by atoms with Crippen LogP contribution < -0.4 is 11.2 Å². The van der Waals surface area contributed by atoms with Gasteiger partial charge in [0.25, 0.3) is 11.5 Å². The number of pyridine rings is 1. The van der Waals surface area contributed by atoms with Gasteiger partial charge in [-0.1, -0.05) is 41.0 Å². The van der Waals surface area contributed by atoms with E-state index in [0.717, 1.165) is 12.8 Å². The Hall–Kier alpha value is -2.48. The Labute approximate surface area is 170 Å². The molecule has 2 N–H and O–H groups in total. The van der Waals surface area contributed by atoms with Crippen molar-refractivity contribution in [2.24, 2.45) is 5.92 Å². The second-order valence-corrected chi connectivity index (χ2v) is 8.08. The predicted molar refractivity (Wildman–Crippen MR) is 113 cm³/mol. The molecule has 0 saturated heterocycles. The first kappa shape index (κ1) is 22.8. The number of hydrogen-bond acceptors (Lipinski definition) is 5. The number of nitrogens with zero attached hydrogens (tertiary/aromatic N) is 3. The Morgan fingerprint density at radius 1 is 1.24 bits per heavy atom. The Bertz CT molecular complexity index is 975. The van der Waals surface area contributed by atoms with Crippen molar-refractivity contribution in [3.63, 3.8) is 0 Å². The molecule has 2 rings (SSSR count). The van der Waals surface area contributed by atoms with Crippen LogP contribution in [0, 0.1) is 5.92 Å². The highest BCUT2D eigenvalue weighted by molar-refractivity contribution is 6.05. The number of nitrogens with one attached hydrogen (secondary N) is 1. The zero-order chi connectivity index (χ0) is 21.7. The van der Waals surface area contributed by atoms with Crippen molar-refractivity contribution in [1.29, 1.82) is 0 Å². The van der Waals surface area contributed by atoms with Crippen molar-refractivity contribution in [1.82, 2.24) is 19.4 Å². The minimum atomic E-state index is -0.615. The van der Waals surface area contributed by atoms with Crippen LogP contribution in [0.5, 0.6) is 0 Å². The molecule has 1 amide bonds. The molecule has 0 aliphatic carbocycles. The molecule has 2 heterocycles. The fraction of sp³-hybridized carbons (Fsp3) is 0.619. The van der Waals surface area contributed by atoms with E-state index in [1.54, 1.807) is 11.0 Å². The Morgan fingerprint density at radius 2 is 1.93 bits per heavy atom. The molecule has 160 valence electrons. The molecule has 0 unspecified atom stereocenters. The maximum atomic E-state index is 13.3. The van der Waals surface area contributed by atoms with Crippen molar-refractivity contribution in [2.75, 3.05) is 19.7 Å². The number of aliphatic hydroxyl groups excluding tert-OH is 1. The third-order valence-electron chi connectivity index (χ3n) is 4.78. The maximum Gasteiger partial charge on any atom is 0.330 e. The first-order valence-electron chi connectivity index (χ1n) is 10.3. The molecule has 0 aromatic carbocycles. The summed E-state index contributed by atoms with van der Waals surface area (Å²) in [5, 5.41) is 9.53. The second-order valence-electron chi connectivity index (χ2n) is 8.08. The van der Waals surface area contributed by atoms with E-state index in [-0.39, 0.29) is 47.5 Å². The van der Waals surface area contributed by atoms with Crippen molar-refractivity contribution in [3.05, 3.63) is 38.2 Å². The minimum Gasteiger partial charge on any atom is -0.395 e. The van der Waals surface area contributed by atoms with Crippen LogP contribution in [0.15, 0.2) is 15.7 Å². The summed E-state index contributed by atoms with van der Waals surface area (Å²) in [6, 6.07) is 1.64. The molecular weight excluding hydrogens is 372 g/mol. The van der Waals surface area contributed by atoms with E-state index in [4.69, 9.17) is 0 Å². The zero-order valence-corrected chi connectivity index (χ0v) is 18.0. The summed E-state index contributed by atoms with van der Waals surface area (Å²) in [7, 11) is 0. The number of aliphatic hydroxyl groups is 1. The number of aromatic nitrogens is 3. The van der Waals surface area contributed by atoms with Crippen molar-refractivity contribution >= 4 is 16.9 Å². The highest BCUT2D eigenvalue weighted by Crippen LogP contribution is 2.21. The van der Waals surface area contributed by atoms with Crippen molar-refractivity contribution < 1.29 is 9.90 Å². The lowest BCUT2D eigenvalue weighted by atomic mass is 10.0. The second kappa shape index (κ2) is 9.82. The third kappa shape index (κ3) is 5.12. The molecule has 0 aliphatic rings. The van der Waals surface area contributed by atoms with E-state index < -0.39 is 11.2 Å². The predicted octanol–water partition coefficient (Wildman–Crippen LogP) is 2.10. The van der Waals surface area contributed by atoms with E-state index >= 15 is 0 Å². The van der Waals surface area contributed by atoms with Gasteiger partial charge in [0.1, 0.15) is 0 Å². The van der Waals surface area contributed by atoms with Gasteiger partial charge in [0.15, 0.2) is 5.65 Å². The third-order valence-corrected chi connectivity index (χ3v) is 4.78. The summed E-state index contributed by atoms with van der Waals surface area (Å²) < 4.78 is 1.44. The fourth-order valence-corrected chi connectivity index (χ4v) is 3.25. The minimum absolute atomic E-state index is 0.00905. The summed E-state index contributed by atoms with van der Waals surface area (Å²) in [6.45, 7) is 10.7. The number of hydrogen-bond donors (Lipinski definition) is 2. The van der Waals surface area contributed by atoms with Crippen molar-refractivity contribution in [3.8, 4) is 0 Å². The molecule has 8 nitrogen and oxygen atoms in total. The Balaban J connectivity index is 2.81. The van der Waals surface area contributed by atoms with Crippen LogP contribution in [0.2, 0.25) is 0 Å². The molecule has 0 spiro atoms. The van der Waals surface area contributed by atoms with Gasteiger partial charge in [-0.3, -0.25) is 19.1 Å². The largest absolute Gasteiger partial charge is 0.395 e. The lowest BCUT2D eigenvalue weighted by Crippen LogP contribution is -2.37. The van der Waals surface area contributed by atoms with Gasteiger partial charge >= 0.3 is 5.69 Å². The van der Waals surface area contributed by atoms with Gasteiger partial charge in [-0.2, -0.15) is 0 Å². The van der Waals surface area contributed by atoms with Gasteiger partial charge in [0.05, 0.1) is 17.6 Å². The Kier molecular flexibility index (Phi) is 7.73. The monoisotopic (exact) mass is 404 g/mol. The number of H-pyrrole nitrogens is 1. The topological polar surface area (TPSA) is 108 Å². The summed E-state index contributed by atoms with van der Waals surface area (Å²) in [5.41, 5.74) is -0.0388. The van der Waals surface area contributed by atoms with Crippen molar-refractivity contribution in [2.45, 2.75) is 59.9 Å². The average Bonchev–Trinajstić information content (AvgIpc) is 2.66. The number of fused-ring (bicyclic) bond motifs is 1. The van der Waals surface area contributed by atoms with E-state index in [2.05, 4.69) is 9.97 Å². The molecule has 8 heteroatoms. The molecule has 0 bridgehead atoms. The molecule has 0 aliphatic heterocycles. The maximum absolute atomic E-state index is 13.3. The highest BCUT2D eigenvalue weighted by atomic mass is 16.3. The Morgan fingerprint density at radius 3 is 2.48 bits per heavy atom. The number of carbonyl (C=O) groups is 1. The van der Waals surface area contributed by atoms with Crippen LogP contribution in [0.3, 0.4) is 0 Å². The number of rotatable bonds is 9. The highest BCUT2D eigenvalue weighted by Gasteiger charge is 2.24. The van der Waals surface area contributed by atoms with E-state index in [1.165, 1.54) is 4.57 Å². The van der Waals surface area contributed by atoms with E-state index in [9.17, 15) is 19.5 Å². The van der Waals surface area contributed by atoms with Crippen LogP contribution in [-0.2, 0) is 6.54 Å². The van der Waals surface area contributed by atoms with Gasteiger partial charge in [0, 0.05) is 25.3 Å². The number of carbonyl (C=O) groups excluding carboxylic acids is 1. The SMILES string of the molecule is CCCCN(CCO)C(=O)c1cc(C(C)C)nc2c1c(=O)[nH]c(=O)n2CC(C)C. The first-order valence-corrected chi connectivity index (χ1v) is 10.3. The van der Waals surface area contributed by atoms with E-state index in [0.29, 0.717) is 18.8 Å². The van der Waals surface area contributed by atoms with Gasteiger partial charge in [0.2, 0.25) is 0 Å². The lowest BCUT2D eigenvalue weighted by molar-refractivity contribution is 0.0721. The molecule has 0 radical (unpaired) electrons. The molecule has 2 aromatic heterocycles. The summed E-state index contributed by atoms with van der Waals surface area (Å²) in [5.74, 6) is -0.169. The first-order chi connectivity index (χ1) is 13.7. The zero-order valence-electron chi connectivity index (χ0n) is 18.0. The summed E-state index contributed by atoms with van der Waals surface area (Å²) in [4.78, 5) is 47.0. The van der Waals surface area contributed by atoms with Crippen LogP contribution >= 0.6 is 0 Å². The van der Waals surface area contributed by atoms with Crippen LogP contribution in [0.25, 0.3) is 11.0 Å². The molecule has 0 saturated carbocycles. The summed E-state index contributed by atoms with van der Waals surface area (Å²) >= 11 is 0. The molecule has 29 heavy (non-hydrogen) atoms. The molecular formula is C21H32N4O4. The van der Waals surface area contributed by atoms with Gasteiger partial charge in [-0.05, 0) is 24.3 Å². The van der Waals surface area contributed by atoms with Crippen LogP contribution in [0.1, 0.15) is 69.4 Å². The van der Waals surface area contributed by atoms with E-state index in [1.807, 2.05) is 34.6 Å². The lowest BCUT2D eigenvalue weighted by Gasteiger charge is -2.23. The number of amides is 1. The van der Waals surface area contributed by atoms with Crippen LogP contribution in [0.4, 0.5) is 0 Å². The molecule has 2 aromatic rings. The van der Waals surface area contributed by atoms with Gasteiger partial charge in [-0.15, -0.1) is 0 Å². The van der Waals surface area contributed by atoms with Crippen LogP contribution in [-0.4, -0.2) is 50.1 Å². The smallest absolute Gasteiger partial charge is 0.330 e. The molecule has 0 fully saturated rings. The average molecular weight is 405 g/mol. The molecule has 0 atom stereocenters. The standard InChI is InChI=1S/C21H32N4O4/c1-6-7-8-24(9-10-26)20(28)15-11-16(14(4)5)22-18-17(15)19(27)23-21(29)25(18)12-13(2)3/h11,13-14,26H,6-10,12H2,1-5H3,(H,23,27,29). The number of aromatic amines is 1. The van der Waals surface area contributed by atoms with Gasteiger partial charge < -0.3 is 10.0 Å². The normalized spacial score (nSPS) is 11.6. The fourth-order valence-electron chi connectivity index (χ4n) is 3.25. The van der Waals surface area contributed by atoms with Gasteiger partial charge in [-0.25, -0.2) is 9.78 Å². The summed E-state index contributed by atoms with van der Waals surface area (Å²) in [6.07, 6.45) is 1.69. The quantitative estimate of drug-likeness (QED) is 0.665.